The number of nitrogens with zero attached hydrogens (tertiary/aromatic N) is 2. The van der Waals surface area contributed by atoms with Crippen LogP contribution in [-0.4, -0.2) is 41.1 Å². The van der Waals surface area contributed by atoms with Crippen molar-refractivity contribution in [2.75, 3.05) is 13.7 Å². The van der Waals surface area contributed by atoms with Crippen molar-refractivity contribution in [3.8, 4) is 0 Å². The van der Waals surface area contributed by atoms with E-state index in [1.54, 1.807) is 10.6 Å². The summed E-state index contributed by atoms with van der Waals surface area (Å²) < 4.78 is 6.65. The van der Waals surface area contributed by atoms with Crippen LogP contribution in [0.15, 0.2) is 23.0 Å². The Kier molecular flexibility index (Phi) is 6.03. The zero-order valence-electron chi connectivity index (χ0n) is 15.6. The van der Waals surface area contributed by atoms with E-state index in [9.17, 15) is 19.2 Å². The normalized spacial score (nSPS) is 13.8. The predicted octanol–water partition coefficient (Wildman–Crippen LogP) is 1.13. The smallest absolute Gasteiger partial charge is 0.338 e. The molecule has 0 aliphatic carbocycles. The van der Waals surface area contributed by atoms with Gasteiger partial charge in [-0.1, -0.05) is 12.8 Å². The van der Waals surface area contributed by atoms with Crippen LogP contribution >= 0.6 is 0 Å². The number of carbonyl (C=O) groups excluding carboxylic acids is 3. The largest absolute Gasteiger partial charge is 0.452 e. The Labute approximate surface area is 161 Å². The van der Waals surface area contributed by atoms with Crippen LogP contribution in [0.3, 0.4) is 0 Å². The van der Waals surface area contributed by atoms with E-state index in [2.05, 4.69) is 10.3 Å². The molecule has 0 saturated heterocycles. The van der Waals surface area contributed by atoms with Gasteiger partial charge in [0, 0.05) is 20.0 Å². The van der Waals surface area contributed by atoms with Gasteiger partial charge in [-0.05, 0) is 31.0 Å². The third kappa shape index (κ3) is 4.36. The summed E-state index contributed by atoms with van der Waals surface area (Å²) in [6.45, 7) is 0.0614. The highest BCUT2D eigenvalue weighted by atomic mass is 16.5. The number of imide groups is 1. The molecule has 1 aliphatic rings. The monoisotopic (exact) mass is 386 g/mol. The number of esters is 1. The number of aromatic nitrogens is 2. The summed E-state index contributed by atoms with van der Waals surface area (Å²) in [6.07, 6.45) is 4.85. The van der Waals surface area contributed by atoms with E-state index in [0.717, 1.165) is 37.9 Å². The van der Waals surface area contributed by atoms with E-state index in [4.69, 9.17) is 4.74 Å². The van der Waals surface area contributed by atoms with Crippen molar-refractivity contribution in [2.45, 2.75) is 38.6 Å². The molecule has 0 saturated carbocycles. The zero-order valence-corrected chi connectivity index (χ0v) is 15.6. The van der Waals surface area contributed by atoms with Gasteiger partial charge in [0.2, 0.25) is 0 Å². The number of ether oxygens (including phenoxy) is 1. The predicted molar refractivity (Wildman–Crippen MR) is 101 cm³/mol. The number of amides is 3. The van der Waals surface area contributed by atoms with Crippen molar-refractivity contribution >= 4 is 28.8 Å². The molecule has 0 atom stereocenters. The Hall–Kier alpha value is -3.23. The number of carbonyl (C=O) groups is 3. The van der Waals surface area contributed by atoms with Gasteiger partial charge in [0.15, 0.2) is 6.61 Å². The highest BCUT2D eigenvalue weighted by Gasteiger charge is 2.16. The number of benzene rings is 1. The molecule has 0 fully saturated rings. The van der Waals surface area contributed by atoms with Crippen LogP contribution in [0.2, 0.25) is 0 Å². The van der Waals surface area contributed by atoms with Crippen molar-refractivity contribution < 1.29 is 19.1 Å². The average Bonchev–Trinajstić information content (AvgIpc) is 2.67. The maximum absolute atomic E-state index is 12.8. The van der Waals surface area contributed by atoms with Gasteiger partial charge in [0.1, 0.15) is 5.82 Å². The van der Waals surface area contributed by atoms with Gasteiger partial charge in [0.05, 0.1) is 16.5 Å². The molecule has 2 N–H and O–H groups in total. The number of hydrogen-bond acceptors (Lipinski definition) is 6. The zero-order chi connectivity index (χ0) is 20.1. The molecule has 0 bridgehead atoms. The van der Waals surface area contributed by atoms with E-state index in [-0.39, 0.29) is 11.1 Å². The molecular formula is C19H22N4O5. The van der Waals surface area contributed by atoms with Crippen LogP contribution in [0.1, 0.15) is 41.9 Å². The van der Waals surface area contributed by atoms with Gasteiger partial charge in [-0.2, -0.15) is 0 Å². The van der Waals surface area contributed by atoms with E-state index in [0.29, 0.717) is 17.4 Å². The van der Waals surface area contributed by atoms with Crippen molar-refractivity contribution in [3.05, 3.63) is 39.9 Å². The van der Waals surface area contributed by atoms with E-state index < -0.39 is 24.5 Å². The SMILES string of the molecule is CNC(=O)NC(=O)COC(=O)c1ccc2c(=O)n3c(nc2c1)CCCCCC3. The van der Waals surface area contributed by atoms with E-state index in [1.807, 2.05) is 5.32 Å². The summed E-state index contributed by atoms with van der Waals surface area (Å²) in [6, 6.07) is 3.83. The molecule has 3 amide bonds. The minimum absolute atomic E-state index is 0.105. The Bertz CT molecular complexity index is 982. The molecule has 2 heterocycles. The quantitative estimate of drug-likeness (QED) is 0.763. The first kappa shape index (κ1) is 19.5. The molecule has 3 rings (SSSR count). The third-order valence-electron chi connectivity index (χ3n) is 4.62. The van der Waals surface area contributed by atoms with Gasteiger partial charge >= 0.3 is 12.0 Å². The summed E-state index contributed by atoms with van der Waals surface area (Å²) >= 11 is 0. The fourth-order valence-corrected chi connectivity index (χ4v) is 3.16. The summed E-state index contributed by atoms with van der Waals surface area (Å²) in [5, 5.41) is 4.66. The third-order valence-corrected chi connectivity index (χ3v) is 4.62. The number of nitrogens with one attached hydrogen (secondary N) is 2. The lowest BCUT2D eigenvalue weighted by molar-refractivity contribution is -0.123. The van der Waals surface area contributed by atoms with Crippen molar-refractivity contribution in [1.29, 1.82) is 0 Å². The molecular weight excluding hydrogens is 364 g/mol. The molecule has 1 aromatic heterocycles. The second-order valence-electron chi connectivity index (χ2n) is 6.58. The summed E-state index contributed by atoms with van der Waals surface area (Å²) in [5.74, 6) is -0.749. The van der Waals surface area contributed by atoms with Gasteiger partial charge in [-0.3, -0.25) is 19.5 Å². The molecule has 9 heteroatoms. The standard InChI is InChI=1S/C19H22N4O5/c1-20-19(27)22-16(24)11-28-18(26)12-7-8-13-14(10-12)21-15-6-4-2-3-5-9-23(15)17(13)25/h7-8,10H,2-6,9,11H2,1H3,(H2,20,22,24,27). The summed E-state index contributed by atoms with van der Waals surface area (Å²) in [7, 11) is 1.36. The Morgan fingerprint density at radius 1 is 1.18 bits per heavy atom. The van der Waals surface area contributed by atoms with E-state index in [1.165, 1.54) is 19.2 Å². The van der Waals surface area contributed by atoms with Crippen LogP contribution in [0.4, 0.5) is 4.79 Å². The molecule has 28 heavy (non-hydrogen) atoms. The minimum atomic E-state index is -0.744. The summed E-state index contributed by atoms with van der Waals surface area (Å²) in [5.41, 5.74) is 0.510. The molecule has 9 nitrogen and oxygen atoms in total. The van der Waals surface area contributed by atoms with Crippen LogP contribution in [0.25, 0.3) is 10.9 Å². The number of hydrogen-bond donors (Lipinski definition) is 2. The molecule has 0 radical (unpaired) electrons. The topological polar surface area (TPSA) is 119 Å². The lowest BCUT2D eigenvalue weighted by Crippen LogP contribution is -2.39. The van der Waals surface area contributed by atoms with Crippen molar-refractivity contribution in [3.63, 3.8) is 0 Å². The Morgan fingerprint density at radius 2 is 1.96 bits per heavy atom. The van der Waals surface area contributed by atoms with Crippen LogP contribution in [0, 0.1) is 0 Å². The number of aryl methyl sites for hydroxylation is 1. The second kappa shape index (κ2) is 8.64. The Morgan fingerprint density at radius 3 is 2.75 bits per heavy atom. The number of rotatable bonds is 3. The first-order chi connectivity index (χ1) is 13.5. The minimum Gasteiger partial charge on any atom is -0.452 e. The van der Waals surface area contributed by atoms with Crippen LogP contribution < -0.4 is 16.2 Å². The van der Waals surface area contributed by atoms with Gasteiger partial charge in [-0.25, -0.2) is 14.6 Å². The fourth-order valence-electron chi connectivity index (χ4n) is 3.16. The second-order valence-corrected chi connectivity index (χ2v) is 6.58. The Balaban J connectivity index is 1.80. The molecule has 1 aromatic carbocycles. The maximum Gasteiger partial charge on any atom is 0.338 e. The average molecular weight is 386 g/mol. The number of urea groups is 1. The highest BCUT2D eigenvalue weighted by Crippen LogP contribution is 2.16. The van der Waals surface area contributed by atoms with Gasteiger partial charge < -0.3 is 10.1 Å². The first-order valence-electron chi connectivity index (χ1n) is 9.22. The van der Waals surface area contributed by atoms with Crippen molar-refractivity contribution in [2.24, 2.45) is 0 Å². The van der Waals surface area contributed by atoms with Gasteiger partial charge in [0.25, 0.3) is 11.5 Å². The molecule has 1 aliphatic heterocycles. The number of fused-ring (bicyclic) bond motifs is 2. The van der Waals surface area contributed by atoms with Crippen LogP contribution in [-0.2, 0) is 22.5 Å². The van der Waals surface area contributed by atoms with Crippen LogP contribution in [0.5, 0.6) is 0 Å². The lowest BCUT2D eigenvalue weighted by atomic mass is 10.1. The highest BCUT2D eigenvalue weighted by molar-refractivity contribution is 5.98. The molecule has 2 aromatic rings. The summed E-state index contributed by atoms with van der Waals surface area (Å²) in [4.78, 5) is 52.2. The van der Waals surface area contributed by atoms with Crippen molar-refractivity contribution in [1.82, 2.24) is 20.2 Å². The van der Waals surface area contributed by atoms with Gasteiger partial charge in [-0.15, -0.1) is 0 Å². The van der Waals surface area contributed by atoms with E-state index >= 15 is 0 Å². The fraction of sp³-hybridized carbons (Fsp3) is 0.421. The maximum atomic E-state index is 12.8. The molecule has 0 unspecified atom stereocenters. The first-order valence-corrected chi connectivity index (χ1v) is 9.22. The lowest BCUT2D eigenvalue weighted by Gasteiger charge is -2.16. The molecule has 148 valence electrons. The molecule has 0 spiro atoms.